The minimum absolute atomic E-state index is 0.155. The first-order valence-electron chi connectivity index (χ1n) is 11.2. The highest BCUT2D eigenvalue weighted by Gasteiger charge is 2.28. The lowest BCUT2D eigenvalue weighted by atomic mass is 9.87. The molecule has 1 unspecified atom stereocenters. The summed E-state index contributed by atoms with van der Waals surface area (Å²) >= 11 is 0. The van der Waals surface area contributed by atoms with Crippen molar-refractivity contribution in [2.75, 3.05) is 5.32 Å². The number of nitrogens with one attached hydrogen (secondary N) is 1. The van der Waals surface area contributed by atoms with E-state index in [9.17, 15) is 14.7 Å². The maximum Gasteiger partial charge on any atom is 0.413 e. The third-order valence-electron chi connectivity index (χ3n) is 5.86. The Morgan fingerprint density at radius 1 is 1.18 bits per heavy atom. The van der Waals surface area contributed by atoms with Crippen LogP contribution in [0, 0.1) is 5.92 Å². The van der Waals surface area contributed by atoms with E-state index in [4.69, 9.17) is 9.47 Å². The molecule has 2 aromatic heterocycles. The predicted molar refractivity (Wildman–Crippen MR) is 123 cm³/mol. The van der Waals surface area contributed by atoms with Gasteiger partial charge < -0.3 is 14.6 Å². The molecule has 0 saturated heterocycles. The van der Waals surface area contributed by atoms with Crippen LogP contribution in [0.15, 0.2) is 48.7 Å². The molecule has 10 nitrogen and oxygen atoms in total. The minimum Gasteiger partial charge on any atom is -0.489 e. The molecular weight excluding hydrogens is 438 g/mol. The zero-order chi connectivity index (χ0) is 24.1. The van der Waals surface area contributed by atoms with E-state index >= 15 is 0 Å². The summed E-state index contributed by atoms with van der Waals surface area (Å²) in [5, 5.41) is 20.1. The third kappa shape index (κ3) is 5.51. The SMILES string of the molecule is CC(OC(=O)Nc1c(-c2ccc(O[C@H]3CCC[C@H](C(=O)O)C3)cn2)nnn1C)c1ccccc1. The molecule has 3 atom stereocenters. The van der Waals surface area contributed by atoms with Crippen LogP contribution in [0.25, 0.3) is 11.4 Å². The maximum atomic E-state index is 12.5. The number of pyridine rings is 1. The van der Waals surface area contributed by atoms with E-state index in [0.717, 1.165) is 18.4 Å². The molecule has 1 fully saturated rings. The van der Waals surface area contributed by atoms with Crippen molar-refractivity contribution in [1.82, 2.24) is 20.0 Å². The number of ether oxygens (including phenoxy) is 2. The number of rotatable bonds is 7. The normalized spacial score (nSPS) is 18.6. The molecule has 4 rings (SSSR count). The molecule has 1 aliphatic rings. The number of carbonyl (C=O) groups is 2. The average Bonchev–Trinajstić information content (AvgIpc) is 3.20. The van der Waals surface area contributed by atoms with Gasteiger partial charge in [0, 0.05) is 7.05 Å². The van der Waals surface area contributed by atoms with E-state index in [1.54, 1.807) is 32.3 Å². The number of aliphatic carboxylic acids is 1. The maximum absolute atomic E-state index is 12.5. The van der Waals surface area contributed by atoms with Crippen LogP contribution in [0.1, 0.15) is 44.3 Å². The number of amides is 1. The number of carboxylic acid groups (broad SMARTS) is 1. The second-order valence-corrected chi connectivity index (χ2v) is 8.31. The number of aryl methyl sites for hydroxylation is 1. The first kappa shape index (κ1) is 23.2. The van der Waals surface area contributed by atoms with Crippen LogP contribution in [0.3, 0.4) is 0 Å². The Morgan fingerprint density at radius 3 is 2.68 bits per heavy atom. The molecule has 178 valence electrons. The van der Waals surface area contributed by atoms with Crippen molar-refractivity contribution in [2.45, 2.75) is 44.8 Å². The van der Waals surface area contributed by atoms with Gasteiger partial charge in [0.15, 0.2) is 11.5 Å². The summed E-state index contributed by atoms with van der Waals surface area (Å²) in [5.41, 5.74) is 1.77. The molecule has 1 aromatic carbocycles. The van der Waals surface area contributed by atoms with Gasteiger partial charge in [-0.25, -0.2) is 9.48 Å². The van der Waals surface area contributed by atoms with Crippen LogP contribution in [-0.4, -0.2) is 43.3 Å². The number of nitrogens with zero attached hydrogens (tertiary/aromatic N) is 4. The lowest BCUT2D eigenvalue weighted by Crippen LogP contribution is -2.29. The molecule has 1 amide bonds. The van der Waals surface area contributed by atoms with Crippen molar-refractivity contribution in [3.63, 3.8) is 0 Å². The Balaban J connectivity index is 1.41. The molecule has 10 heteroatoms. The number of carboxylic acids is 1. The largest absolute Gasteiger partial charge is 0.489 e. The van der Waals surface area contributed by atoms with Crippen LogP contribution < -0.4 is 10.1 Å². The Kier molecular flexibility index (Phi) is 7.05. The van der Waals surface area contributed by atoms with Gasteiger partial charge in [-0.2, -0.15) is 0 Å². The zero-order valence-corrected chi connectivity index (χ0v) is 19.0. The highest BCUT2D eigenvalue weighted by atomic mass is 16.6. The van der Waals surface area contributed by atoms with E-state index in [0.29, 0.717) is 35.8 Å². The topological polar surface area (TPSA) is 128 Å². The summed E-state index contributed by atoms with van der Waals surface area (Å²) in [6, 6.07) is 12.9. The number of aromatic nitrogens is 4. The summed E-state index contributed by atoms with van der Waals surface area (Å²) in [5.74, 6) is -0.248. The van der Waals surface area contributed by atoms with Crippen LogP contribution in [0.4, 0.5) is 10.6 Å². The van der Waals surface area contributed by atoms with Gasteiger partial charge in [0.2, 0.25) is 0 Å². The smallest absolute Gasteiger partial charge is 0.413 e. The predicted octanol–water partition coefficient (Wildman–Crippen LogP) is 4.21. The molecule has 2 N–H and O–H groups in total. The molecule has 0 radical (unpaired) electrons. The summed E-state index contributed by atoms with van der Waals surface area (Å²) in [6.07, 6.45) is 3.15. The van der Waals surface area contributed by atoms with Gasteiger partial charge in [-0.1, -0.05) is 35.5 Å². The first-order chi connectivity index (χ1) is 16.4. The van der Waals surface area contributed by atoms with Crippen molar-refractivity contribution in [3.05, 3.63) is 54.2 Å². The summed E-state index contributed by atoms with van der Waals surface area (Å²) in [7, 11) is 1.66. The van der Waals surface area contributed by atoms with Gasteiger partial charge in [0.05, 0.1) is 23.9 Å². The summed E-state index contributed by atoms with van der Waals surface area (Å²) < 4.78 is 12.9. The Hall–Kier alpha value is -3.95. The molecule has 1 aliphatic carbocycles. The summed E-state index contributed by atoms with van der Waals surface area (Å²) in [4.78, 5) is 28.2. The van der Waals surface area contributed by atoms with E-state index in [1.165, 1.54) is 4.68 Å². The zero-order valence-electron chi connectivity index (χ0n) is 19.0. The average molecular weight is 466 g/mol. The lowest BCUT2D eigenvalue weighted by Gasteiger charge is -2.27. The Bertz CT molecular complexity index is 1130. The van der Waals surface area contributed by atoms with Gasteiger partial charge in [0.1, 0.15) is 11.9 Å². The van der Waals surface area contributed by atoms with E-state index < -0.39 is 18.2 Å². The first-order valence-corrected chi connectivity index (χ1v) is 11.2. The van der Waals surface area contributed by atoms with Crippen LogP contribution in [-0.2, 0) is 16.6 Å². The number of hydrogen-bond acceptors (Lipinski definition) is 7. The standard InChI is InChI=1S/C24H27N5O5/c1-15(16-7-4-3-5-8-16)33-24(32)26-22-21(27-28-29(22)2)20-12-11-19(14-25-20)34-18-10-6-9-17(13-18)23(30)31/h3-5,7-8,11-12,14-15,17-18H,6,9-10,13H2,1-2H3,(H,26,32)(H,30,31)/t15?,17-,18-/m0/s1. The van der Waals surface area contributed by atoms with Crippen molar-refractivity contribution in [2.24, 2.45) is 13.0 Å². The van der Waals surface area contributed by atoms with Crippen molar-refractivity contribution in [3.8, 4) is 17.1 Å². The van der Waals surface area contributed by atoms with Crippen molar-refractivity contribution >= 4 is 17.9 Å². The lowest BCUT2D eigenvalue weighted by molar-refractivity contribution is -0.143. The molecule has 0 aliphatic heterocycles. The number of hydrogen-bond donors (Lipinski definition) is 2. The van der Waals surface area contributed by atoms with Gasteiger partial charge in [-0.15, -0.1) is 5.10 Å². The number of anilines is 1. The molecule has 0 spiro atoms. The Morgan fingerprint density at radius 2 is 1.97 bits per heavy atom. The fourth-order valence-electron chi connectivity index (χ4n) is 4.01. The van der Waals surface area contributed by atoms with E-state index in [-0.39, 0.29) is 12.0 Å². The van der Waals surface area contributed by atoms with Crippen LogP contribution >= 0.6 is 0 Å². The van der Waals surface area contributed by atoms with Gasteiger partial charge >= 0.3 is 12.1 Å². The second-order valence-electron chi connectivity index (χ2n) is 8.31. The third-order valence-corrected chi connectivity index (χ3v) is 5.86. The Labute approximate surface area is 196 Å². The van der Waals surface area contributed by atoms with Crippen molar-refractivity contribution in [1.29, 1.82) is 0 Å². The van der Waals surface area contributed by atoms with Gasteiger partial charge in [0.25, 0.3) is 0 Å². The van der Waals surface area contributed by atoms with Crippen LogP contribution in [0.2, 0.25) is 0 Å². The molecule has 34 heavy (non-hydrogen) atoms. The number of benzene rings is 1. The van der Waals surface area contributed by atoms with E-state index in [1.807, 2.05) is 30.3 Å². The quantitative estimate of drug-likeness (QED) is 0.531. The van der Waals surface area contributed by atoms with Crippen molar-refractivity contribution < 1.29 is 24.2 Å². The summed E-state index contributed by atoms with van der Waals surface area (Å²) in [6.45, 7) is 1.79. The molecular formula is C24H27N5O5. The van der Waals surface area contributed by atoms with Gasteiger partial charge in [-0.3, -0.25) is 15.1 Å². The fraction of sp³-hybridized carbons (Fsp3) is 0.375. The molecule has 1 saturated carbocycles. The molecule has 0 bridgehead atoms. The minimum atomic E-state index is -0.777. The van der Waals surface area contributed by atoms with Crippen LogP contribution in [0.5, 0.6) is 5.75 Å². The highest BCUT2D eigenvalue weighted by Crippen LogP contribution is 2.29. The van der Waals surface area contributed by atoms with Gasteiger partial charge in [-0.05, 0) is 50.3 Å². The molecule has 2 heterocycles. The second kappa shape index (κ2) is 10.3. The fourth-order valence-corrected chi connectivity index (χ4v) is 4.01. The van der Waals surface area contributed by atoms with E-state index in [2.05, 4.69) is 20.6 Å². The number of carbonyl (C=O) groups excluding carboxylic acids is 1. The monoisotopic (exact) mass is 465 g/mol. The highest BCUT2D eigenvalue weighted by molar-refractivity contribution is 5.88. The molecule has 3 aromatic rings.